The third kappa shape index (κ3) is 5.98. The minimum atomic E-state index is -0.483. The van der Waals surface area contributed by atoms with Gasteiger partial charge in [0.25, 0.3) is 16.8 Å². The number of thioether (sulfide) groups is 1. The van der Waals surface area contributed by atoms with Crippen molar-refractivity contribution in [2.45, 2.75) is 19.4 Å². The third-order valence-corrected chi connectivity index (χ3v) is 5.99. The molecule has 4 rings (SSSR count). The highest BCUT2D eigenvalue weighted by Gasteiger charge is 2.34. The van der Waals surface area contributed by atoms with Crippen LogP contribution in [-0.2, 0) is 16.1 Å². The Morgan fingerprint density at radius 2 is 1.97 bits per heavy atom. The first-order chi connectivity index (χ1) is 16.9. The van der Waals surface area contributed by atoms with E-state index in [9.17, 15) is 24.5 Å². The molecule has 12 heteroatoms. The predicted molar refractivity (Wildman–Crippen MR) is 128 cm³/mol. The number of nitro benzene ring substituents is 1. The zero-order valence-corrected chi connectivity index (χ0v) is 19.2. The molecular formula is C23H20N6O5S. The molecule has 1 aromatic carbocycles. The van der Waals surface area contributed by atoms with Gasteiger partial charge in [0.1, 0.15) is 0 Å². The van der Waals surface area contributed by atoms with Gasteiger partial charge in [-0.05, 0) is 54.1 Å². The smallest absolute Gasteiger partial charge is 0.293 e. The first kappa shape index (κ1) is 23.8. The average Bonchev–Trinajstić information content (AvgIpc) is 3.43. The van der Waals surface area contributed by atoms with E-state index >= 15 is 0 Å². The van der Waals surface area contributed by atoms with Crippen molar-refractivity contribution in [1.82, 2.24) is 25.0 Å². The number of nitrogens with one attached hydrogen (secondary N) is 1. The fourth-order valence-electron chi connectivity index (χ4n) is 3.30. The summed E-state index contributed by atoms with van der Waals surface area (Å²) >= 11 is 0.820. The van der Waals surface area contributed by atoms with Gasteiger partial charge in [-0.25, -0.2) is 4.68 Å². The van der Waals surface area contributed by atoms with E-state index in [0.717, 1.165) is 22.2 Å². The second kappa shape index (κ2) is 10.7. The molecule has 2 aromatic heterocycles. The highest BCUT2D eigenvalue weighted by atomic mass is 32.2. The molecule has 1 fully saturated rings. The van der Waals surface area contributed by atoms with Crippen LogP contribution < -0.4 is 5.32 Å². The van der Waals surface area contributed by atoms with E-state index in [-0.39, 0.29) is 29.5 Å². The van der Waals surface area contributed by atoms with Crippen LogP contribution in [0.3, 0.4) is 0 Å². The first-order valence-electron chi connectivity index (χ1n) is 10.6. The van der Waals surface area contributed by atoms with E-state index in [0.29, 0.717) is 24.3 Å². The van der Waals surface area contributed by atoms with Crippen LogP contribution in [0.2, 0.25) is 0 Å². The van der Waals surface area contributed by atoms with Crippen LogP contribution in [0.25, 0.3) is 11.8 Å². The number of pyridine rings is 1. The van der Waals surface area contributed by atoms with Gasteiger partial charge in [0.05, 0.1) is 21.2 Å². The quantitative estimate of drug-likeness (QED) is 0.273. The molecule has 0 atom stereocenters. The zero-order chi connectivity index (χ0) is 24.8. The summed E-state index contributed by atoms with van der Waals surface area (Å²) in [4.78, 5) is 52.7. The number of aromatic nitrogens is 3. The summed E-state index contributed by atoms with van der Waals surface area (Å²) in [7, 11) is 0. The van der Waals surface area contributed by atoms with Crippen molar-refractivity contribution in [1.29, 1.82) is 0 Å². The lowest BCUT2D eigenvalue weighted by Gasteiger charge is -2.12. The molecule has 1 aliphatic rings. The molecule has 0 bridgehead atoms. The fraction of sp³-hybridized carbons (Fsp3) is 0.174. The Labute approximate surface area is 204 Å². The molecule has 3 amide bonds. The summed E-state index contributed by atoms with van der Waals surface area (Å²) in [6.45, 7) is 0.503. The maximum Gasteiger partial charge on any atom is 0.293 e. The Balaban J connectivity index is 1.31. The van der Waals surface area contributed by atoms with Crippen LogP contribution >= 0.6 is 11.8 Å². The van der Waals surface area contributed by atoms with Gasteiger partial charge in [-0.2, -0.15) is 5.10 Å². The van der Waals surface area contributed by atoms with Gasteiger partial charge in [0.2, 0.25) is 5.91 Å². The van der Waals surface area contributed by atoms with Crippen molar-refractivity contribution >= 4 is 40.6 Å². The van der Waals surface area contributed by atoms with Crippen molar-refractivity contribution in [3.63, 3.8) is 0 Å². The molecule has 11 nitrogen and oxygen atoms in total. The van der Waals surface area contributed by atoms with E-state index in [1.165, 1.54) is 22.9 Å². The Kier molecular flexibility index (Phi) is 7.31. The SMILES string of the molecule is O=C(CCCN1C(=O)S/C(=C\c2ccn(-c3ccc([N+](=O)[O-])cc3)n2)C1=O)NCc1cccnc1. The second-order valence-electron chi connectivity index (χ2n) is 7.53. The molecule has 0 radical (unpaired) electrons. The second-order valence-corrected chi connectivity index (χ2v) is 8.53. The van der Waals surface area contributed by atoms with Gasteiger partial charge in [0.15, 0.2) is 0 Å². The van der Waals surface area contributed by atoms with Crippen LogP contribution in [0.15, 0.2) is 66.0 Å². The van der Waals surface area contributed by atoms with E-state index in [1.807, 2.05) is 6.07 Å². The number of benzene rings is 1. The number of hydrogen-bond donors (Lipinski definition) is 1. The monoisotopic (exact) mass is 492 g/mol. The summed E-state index contributed by atoms with van der Waals surface area (Å²) in [5.41, 5.74) is 1.93. The van der Waals surface area contributed by atoms with Crippen molar-refractivity contribution in [3.8, 4) is 5.69 Å². The molecule has 0 unspecified atom stereocenters. The number of carbonyl (C=O) groups excluding carboxylic acids is 3. The molecule has 3 aromatic rings. The molecule has 0 saturated carbocycles. The van der Waals surface area contributed by atoms with Gasteiger partial charge >= 0.3 is 0 Å². The average molecular weight is 493 g/mol. The fourth-order valence-corrected chi connectivity index (χ4v) is 4.15. The molecule has 0 aliphatic carbocycles. The van der Waals surface area contributed by atoms with Crippen LogP contribution in [0.5, 0.6) is 0 Å². The molecule has 0 spiro atoms. The number of nitro groups is 1. The normalized spacial score (nSPS) is 14.5. The molecule has 1 aliphatic heterocycles. The number of imide groups is 1. The Hall–Kier alpha value is -4.32. The molecule has 1 saturated heterocycles. The molecule has 3 heterocycles. The summed E-state index contributed by atoms with van der Waals surface area (Å²) in [5, 5.41) is 17.5. The number of nitrogens with zero attached hydrogens (tertiary/aromatic N) is 5. The van der Waals surface area contributed by atoms with Gasteiger partial charge in [-0.15, -0.1) is 0 Å². The summed E-state index contributed by atoms with van der Waals surface area (Å²) in [6.07, 6.45) is 7.02. The Bertz CT molecular complexity index is 1290. The van der Waals surface area contributed by atoms with Crippen LogP contribution in [-0.4, -0.2) is 48.2 Å². The Morgan fingerprint density at radius 3 is 2.69 bits per heavy atom. The maximum absolute atomic E-state index is 12.7. The van der Waals surface area contributed by atoms with Gasteiger partial charge < -0.3 is 5.32 Å². The Morgan fingerprint density at radius 1 is 1.17 bits per heavy atom. The molecule has 1 N–H and O–H groups in total. The summed E-state index contributed by atoms with van der Waals surface area (Å²) < 4.78 is 1.52. The lowest BCUT2D eigenvalue weighted by molar-refractivity contribution is -0.384. The van der Waals surface area contributed by atoms with E-state index < -0.39 is 16.1 Å². The lowest BCUT2D eigenvalue weighted by Crippen LogP contribution is -2.30. The molecule has 178 valence electrons. The van der Waals surface area contributed by atoms with Crippen molar-refractivity contribution in [2.75, 3.05) is 6.54 Å². The standard InChI is InChI=1S/C23H20N6O5S/c30-21(25-15-16-3-1-10-24-14-16)4-2-11-27-22(31)20(35-23(27)32)13-17-9-12-28(26-17)18-5-7-19(8-6-18)29(33)34/h1,3,5-10,12-14H,2,4,11,15H2,(H,25,30)/b20-13-. The van der Waals surface area contributed by atoms with Crippen molar-refractivity contribution < 1.29 is 19.3 Å². The maximum atomic E-state index is 12.7. The minimum Gasteiger partial charge on any atom is -0.352 e. The van der Waals surface area contributed by atoms with E-state index in [2.05, 4.69) is 15.4 Å². The third-order valence-electron chi connectivity index (χ3n) is 5.09. The van der Waals surface area contributed by atoms with Gasteiger partial charge in [-0.3, -0.25) is 34.4 Å². The van der Waals surface area contributed by atoms with Crippen molar-refractivity contribution in [2.24, 2.45) is 0 Å². The molecular weight excluding hydrogens is 472 g/mol. The highest BCUT2D eigenvalue weighted by Crippen LogP contribution is 2.32. The van der Waals surface area contributed by atoms with Crippen LogP contribution in [0.1, 0.15) is 24.1 Å². The predicted octanol–water partition coefficient (Wildman–Crippen LogP) is 3.31. The van der Waals surface area contributed by atoms with E-state index in [4.69, 9.17) is 0 Å². The topological polar surface area (TPSA) is 140 Å². The van der Waals surface area contributed by atoms with E-state index in [1.54, 1.807) is 42.9 Å². The molecule has 35 heavy (non-hydrogen) atoms. The van der Waals surface area contributed by atoms with Crippen LogP contribution in [0, 0.1) is 10.1 Å². The van der Waals surface area contributed by atoms with Crippen LogP contribution in [0.4, 0.5) is 10.5 Å². The number of non-ortho nitro benzene ring substituents is 1. The first-order valence-corrected chi connectivity index (χ1v) is 11.4. The lowest BCUT2D eigenvalue weighted by atomic mass is 10.2. The number of amides is 3. The highest BCUT2D eigenvalue weighted by molar-refractivity contribution is 8.18. The summed E-state index contributed by atoms with van der Waals surface area (Å²) in [6, 6.07) is 11.2. The van der Waals surface area contributed by atoms with Gasteiger partial charge in [-0.1, -0.05) is 6.07 Å². The summed E-state index contributed by atoms with van der Waals surface area (Å²) in [5.74, 6) is -0.603. The number of rotatable bonds is 9. The van der Waals surface area contributed by atoms with Gasteiger partial charge in [0, 0.05) is 50.2 Å². The number of carbonyl (C=O) groups is 3. The minimum absolute atomic E-state index is 0.0271. The largest absolute Gasteiger partial charge is 0.352 e. The van der Waals surface area contributed by atoms with Crippen molar-refractivity contribution in [3.05, 3.63) is 87.3 Å². The zero-order valence-electron chi connectivity index (χ0n) is 18.4. The number of hydrogen-bond acceptors (Lipinski definition) is 8.